The molecule has 0 bridgehead atoms. The van der Waals surface area contributed by atoms with Crippen LogP contribution >= 0.6 is 0 Å². The molecule has 1 heterocycles. The minimum absolute atomic E-state index is 0.0500. The Balaban J connectivity index is 1.81. The smallest absolute Gasteiger partial charge is 0.261 e. The molecule has 0 radical (unpaired) electrons. The molecule has 132 valence electrons. The quantitative estimate of drug-likeness (QED) is 0.899. The lowest BCUT2D eigenvalue weighted by atomic mass is 9.76. The number of aryl methyl sites for hydroxylation is 2. The second-order valence-electron chi connectivity index (χ2n) is 7.63. The number of rotatable bonds is 3. The molecule has 0 aliphatic heterocycles. The monoisotopic (exact) mass is 342 g/mol. The molecule has 2 N–H and O–H groups in total. The minimum Gasteiger partial charge on any atom is -0.348 e. The van der Waals surface area contributed by atoms with Crippen LogP contribution in [-0.4, -0.2) is 10.9 Å². The topological polar surface area (TPSA) is 62.0 Å². The molecule has 25 heavy (non-hydrogen) atoms. The molecule has 0 spiro atoms. The van der Waals surface area contributed by atoms with Crippen LogP contribution in [-0.2, 0) is 19.4 Å². The summed E-state index contributed by atoms with van der Waals surface area (Å²) in [6, 6.07) is 6.44. The Morgan fingerprint density at radius 3 is 2.84 bits per heavy atom. The highest BCUT2D eigenvalue weighted by Gasteiger charge is 2.27. The third kappa shape index (κ3) is 3.81. The van der Waals surface area contributed by atoms with E-state index in [0.29, 0.717) is 5.56 Å². The number of aromatic amines is 1. The van der Waals surface area contributed by atoms with Gasteiger partial charge in [0.25, 0.3) is 11.5 Å². The van der Waals surface area contributed by atoms with Gasteiger partial charge in [-0.3, -0.25) is 9.59 Å². The van der Waals surface area contributed by atoms with Crippen LogP contribution in [0.3, 0.4) is 0 Å². The van der Waals surface area contributed by atoms with Crippen molar-refractivity contribution < 1.29 is 9.18 Å². The van der Waals surface area contributed by atoms with E-state index >= 15 is 0 Å². The molecule has 0 saturated carbocycles. The fourth-order valence-corrected chi connectivity index (χ4v) is 3.34. The summed E-state index contributed by atoms with van der Waals surface area (Å²) in [5.41, 5.74) is 3.12. The fraction of sp³-hybridized carbons (Fsp3) is 0.400. The number of halogens is 1. The highest BCUT2D eigenvalue weighted by Crippen LogP contribution is 2.33. The number of aromatic nitrogens is 1. The van der Waals surface area contributed by atoms with Gasteiger partial charge >= 0.3 is 0 Å². The van der Waals surface area contributed by atoms with Crippen LogP contribution < -0.4 is 10.9 Å². The van der Waals surface area contributed by atoms with Gasteiger partial charge in [0.1, 0.15) is 11.4 Å². The minimum atomic E-state index is -0.478. The first-order valence-electron chi connectivity index (χ1n) is 8.53. The summed E-state index contributed by atoms with van der Waals surface area (Å²) in [5.74, 6) is -0.847. The highest BCUT2D eigenvalue weighted by atomic mass is 19.1. The van der Waals surface area contributed by atoms with Crippen LogP contribution in [0.2, 0.25) is 0 Å². The number of carbonyl (C=O) groups excluding carboxylic acids is 1. The number of carbonyl (C=O) groups is 1. The Labute approximate surface area is 146 Å². The molecule has 1 aliphatic rings. The number of hydrogen-bond donors (Lipinski definition) is 2. The Kier molecular flexibility index (Phi) is 4.50. The normalized spacial score (nSPS) is 15.5. The SMILES string of the molecule is Cc1ccc(F)c(CNC(=O)c2cc3c([nH]c2=O)CCC(C)(C)C3)c1. The predicted octanol–water partition coefficient (Wildman–Crippen LogP) is 3.27. The van der Waals surface area contributed by atoms with E-state index in [-0.39, 0.29) is 28.9 Å². The zero-order chi connectivity index (χ0) is 18.2. The predicted molar refractivity (Wildman–Crippen MR) is 95.2 cm³/mol. The Bertz CT molecular complexity index is 884. The van der Waals surface area contributed by atoms with Crippen molar-refractivity contribution in [2.24, 2.45) is 5.41 Å². The number of fused-ring (bicyclic) bond motifs is 1. The summed E-state index contributed by atoms with van der Waals surface area (Å²) in [6.45, 7) is 6.28. The van der Waals surface area contributed by atoms with Gasteiger partial charge < -0.3 is 10.3 Å². The third-order valence-corrected chi connectivity index (χ3v) is 4.82. The Hall–Kier alpha value is -2.43. The molecule has 1 aliphatic carbocycles. The maximum Gasteiger partial charge on any atom is 0.261 e. The molecule has 0 saturated heterocycles. The first kappa shape index (κ1) is 17.4. The van der Waals surface area contributed by atoms with Crippen molar-refractivity contribution in [1.29, 1.82) is 0 Å². The average molecular weight is 342 g/mol. The molecule has 3 rings (SSSR count). The van der Waals surface area contributed by atoms with Crippen LogP contribution in [0.4, 0.5) is 4.39 Å². The lowest BCUT2D eigenvalue weighted by Gasteiger charge is -2.31. The summed E-state index contributed by atoms with van der Waals surface area (Å²) < 4.78 is 13.8. The molecule has 4 nitrogen and oxygen atoms in total. The summed E-state index contributed by atoms with van der Waals surface area (Å²) in [6.07, 6.45) is 2.65. The molecule has 1 amide bonds. The maximum atomic E-state index is 13.8. The standard InChI is InChI=1S/C20H23FN2O2/c1-12-4-5-16(21)14(8-12)11-22-18(24)15-9-13-10-20(2,3)7-6-17(13)23-19(15)25/h4-5,8-9H,6-7,10-11H2,1-3H3,(H,22,24)(H,23,25). The van der Waals surface area contributed by atoms with Gasteiger partial charge in [-0.05, 0) is 49.3 Å². The number of hydrogen-bond acceptors (Lipinski definition) is 2. The van der Waals surface area contributed by atoms with Gasteiger partial charge in [-0.25, -0.2) is 4.39 Å². The molecule has 5 heteroatoms. The fourth-order valence-electron chi connectivity index (χ4n) is 3.34. The molecule has 0 atom stereocenters. The molecule has 0 unspecified atom stereocenters. The van der Waals surface area contributed by atoms with Crippen molar-refractivity contribution >= 4 is 5.91 Å². The number of H-pyrrole nitrogens is 1. The van der Waals surface area contributed by atoms with Crippen molar-refractivity contribution in [3.63, 3.8) is 0 Å². The van der Waals surface area contributed by atoms with Crippen molar-refractivity contribution in [3.05, 3.63) is 68.4 Å². The molecule has 2 aromatic rings. The van der Waals surface area contributed by atoms with Gasteiger partial charge in [0.2, 0.25) is 0 Å². The lowest BCUT2D eigenvalue weighted by molar-refractivity contribution is 0.0948. The van der Waals surface area contributed by atoms with E-state index in [1.54, 1.807) is 18.2 Å². The van der Waals surface area contributed by atoms with Crippen LogP contribution in [0.25, 0.3) is 0 Å². The van der Waals surface area contributed by atoms with Crippen LogP contribution in [0.1, 0.15) is 53.0 Å². The zero-order valence-corrected chi connectivity index (χ0v) is 14.8. The molecule has 1 aromatic heterocycles. The van der Waals surface area contributed by atoms with Crippen LogP contribution in [0.5, 0.6) is 0 Å². The lowest BCUT2D eigenvalue weighted by Crippen LogP contribution is -2.32. The zero-order valence-electron chi connectivity index (χ0n) is 14.8. The van der Waals surface area contributed by atoms with E-state index in [1.807, 2.05) is 6.92 Å². The van der Waals surface area contributed by atoms with Gasteiger partial charge in [0.15, 0.2) is 0 Å². The first-order chi connectivity index (χ1) is 11.7. The van der Waals surface area contributed by atoms with E-state index in [1.165, 1.54) is 6.07 Å². The highest BCUT2D eigenvalue weighted by molar-refractivity contribution is 5.94. The number of nitrogens with one attached hydrogen (secondary N) is 2. The van der Waals surface area contributed by atoms with E-state index in [4.69, 9.17) is 0 Å². The van der Waals surface area contributed by atoms with Gasteiger partial charge in [-0.2, -0.15) is 0 Å². The van der Waals surface area contributed by atoms with Gasteiger partial charge in [0.05, 0.1) is 0 Å². The van der Waals surface area contributed by atoms with Crippen LogP contribution in [0, 0.1) is 18.2 Å². The number of pyridine rings is 1. The summed E-state index contributed by atoms with van der Waals surface area (Å²) in [7, 11) is 0. The van der Waals surface area contributed by atoms with Gasteiger partial charge in [0, 0.05) is 17.8 Å². The van der Waals surface area contributed by atoms with Crippen molar-refractivity contribution in [1.82, 2.24) is 10.3 Å². The second kappa shape index (κ2) is 6.47. The Morgan fingerprint density at radius 1 is 1.32 bits per heavy atom. The first-order valence-corrected chi connectivity index (χ1v) is 8.53. The summed E-state index contributed by atoms with van der Waals surface area (Å²) in [4.78, 5) is 27.5. The molecular formula is C20H23FN2O2. The number of amides is 1. The van der Waals surface area contributed by atoms with Crippen molar-refractivity contribution in [2.75, 3.05) is 0 Å². The average Bonchev–Trinajstić information content (AvgIpc) is 2.54. The summed E-state index contributed by atoms with van der Waals surface area (Å²) in [5, 5.41) is 2.65. The largest absolute Gasteiger partial charge is 0.348 e. The van der Waals surface area contributed by atoms with Gasteiger partial charge in [-0.1, -0.05) is 31.5 Å². The third-order valence-electron chi connectivity index (χ3n) is 4.82. The maximum absolute atomic E-state index is 13.8. The van der Waals surface area contributed by atoms with E-state index in [2.05, 4.69) is 24.1 Å². The van der Waals surface area contributed by atoms with Crippen LogP contribution in [0.15, 0.2) is 29.1 Å². The molecule has 0 fully saturated rings. The van der Waals surface area contributed by atoms with E-state index in [9.17, 15) is 14.0 Å². The molecule has 1 aromatic carbocycles. The second-order valence-corrected chi connectivity index (χ2v) is 7.63. The molecular weight excluding hydrogens is 319 g/mol. The number of benzene rings is 1. The van der Waals surface area contributed by atoms with E-state index < -0.39 is 5.91 Å². The van der Waals surface area contributed by atoms with Crippen molar-refractivity contribution in [3.8, 4) is 0 Å². The van der Waals surface area contributed by atoms with E-state index in [0.717, 1.165) is 36.1 Å². The summed E-state index contributed by atoms with van der Waals surface area (Å²) >= 11 is 0. The van der Waals surface area contributed by atoms with Gasteiger partial charge in [-0.15, -0.1) is 0 Å². The van der Waals surface area contributed by atoms with Crippen molar-refractivity contribution in [2.45, 2.75) is 46.6 Å². The Morgan fingerprint density at radius 2 is 2.08 bits per heavy atom.